The fourth-order valence-electron chi connectivity index (χ4n) is 1.38. The molecule has 0 N–H and O–H groups in total. The molecule has 4 nitrogen and oxygen atoms in total. The second-order valence-corrected chi connectivity index (χ2v) is 3.15. The molecule has 1 aliphatic carbocycles. The van der Waals surface area contributed by atoms with Crippen molar-refractivity contribution in [2.24, 2.45) is 11.0 Å². The highest BCUT2D eigenvalue weighted by Gasteiger charge is 2.05. The highest BCUT2D eigenvalue weighted by molar-refractivity contribution is 5.61. The highest BCUT2D eigenvalue weighted by Crippen LogP contribution is 2.15. The minimum Gasteiger partial charge on any atom is -0.208 e. The van der Waals surface area contributed by atoms with Crippen molar-refractivity contribution in [1.29, 1.82) is 0 Å². The van der Waals surface area contributed by atoms with Gasteiger partial charge < -0.3 is 0 Å². The van der Waals surface area contributed by atoms with Gasteiger partial charge in [0.15, 0.2) is 0 Å². The lowest BCUT2D eigenvalue weighted by molar-refractivity contribution is 0.622. The van der Waals surface area contributed by atoms with Crippen molar-refractivity contribution < 1.29 is 0 Å². The Bertz CT molecular complexity index is 299. The molecule has 13 heavy (non-hydrogen) atoms. The molecule has 0 radical (unpaired) electrons. The summed E-state index contributed by atoms with van der Waals surface area (Å²) in [5.41, 5.74) is 0. The Morgan fingerprint density at radius 2 is 2.15 bits per heavy atom. The first-order valence-corrected chi connectivity index (χ1v) is 4.49. The molecule has 1 aromatic heterocycles. The maximum absolute atomic E-state index is 4.22. The second-order valence-electron chi connectivity index (χ2n) is 3.15. The molecule has 0 spiro atoms. The zero-order valence-corrected chi connectivity index (χ0v) is 7.37. The van der Waals surface area contributed by atoms with Crippen LogP contribution < -0.4 is 0 Å². The van der Waals surface area contributed by atoms with E-state index in [9.17, 15) is 0 Å². The van der Waals surface area contributed by atoms with Gasteiger partial charge in [-0.05, 0) is 25.2 Å². The van der Waals surface area contributed by atoms with Gasteiger partial charge in [-0.1, -0.05) is 12.2 Å². The molecule has 0 bridgehead atoms. The fraction of sp³-hybridized carbons (Fsp3) is 0.444. The summed E-state index contributed by atoms with van der Waals surface area (Å²) in [6.45, 7) is 0. The quantitative estimate of drug-likeness (QED) is 0.506. The number of allylic oxidation sites excluding steroid dienone is 2. The molecule has 0 aliphatic heterocycles. The molecular weight excluding hydrogens is 164 g/mol. The number of aromatic nitrogens is 3. The third kappa shape index (κ3) is 2.24. The summed E-state index contributed by atoms with van der Waals surface area (Å²) in [6, 6.07) is 0. The van der Waals surface area contributed by atoms with E-state index in [0.717, 1.165) is 6.42 Å². The van der Waals surface area contributed by atoms with E-state index < -0.39 is 0 Å². The van der Waals surface area contributed by atoms with Gasteiger partial charge in [0.2, 0.25) is 0 Å². The van der Waals surface area contributed by atoms with Crippen LogP contribution >= 0.6 is 0 Å². The Kier molecular flexibility index (Phi) is 2.50. The molecule has 0 saturated carbocycles. The van der Waals surface area contributed by atoms with E-state index in [1.54, 1.807) is 17.3 Å². The monoisotopic (exact) mass is 176 g/mol. The molecular formula is C9H12N4. The largest absolute Gasteiger partial charge is 0.208 e. The lowest BCUT2D eigenvalue weighted by Gasteiger charge is -2.11. The number of hydrogen-bond donors (Lipinski definition) is 0. The van der Waals surface area contributed by atoms with E-state index in [1.165, 1.54) is 12.8 Å². The van der Waals surface area contributed by atoms with Gasteiger partial charge in [-0.2, -0.15) is 5.10 Å². The molecule has 1 aliphatic rings. The fourth-order valence-corrected chi connectivity index (χ4v) is 1.38. The van der Waals surface area contributed by atoms with Crippen LogP contribution in [0.15, 0.2) is 29.9 Å². The van der Waals surface area contributed by atoms with Crippen molar-refractivity contribution in [3.8, 4) is 0 Å². The zero-order valence-electron chi connectivity index (χ0n) is 7.37. The van der Waals surface area contributed by atoms with Gasteiger partial charge in [0.25, 0.3) is 0 Å². The SMILES string of the molecule is C1=CC[C@H](C=Nn2cnnc2)CC1. The molecule has 1 heterocycles. The maximum Gasteiger partial charge on any atom is 0.141 e. The van der Waals surface area contributed by atoms with Crippen molar-refractivity contribution in [3.63, 3.8) is 0 Å². The van der Waals surface area contributed by atoms with Crippen molar-refractivity contribution >= 4 is 6.21 Å². The average molecular weight is 176 g/mol. The summed E-state index contributed by atoms with van der Waals surface area (Å²) in [4.78, 5) is 0. The average Bonchev–Trinajstić information content (AvgIpc) is 2.69. The third-order valence-corrected chi connectivity index (χ3v) is 2.13. The predicted octanol–water partition coefficient (Wildman–Crippen LogP) is 1.47. The number of nitrogens with zero attached hydrogens (tertiary/aromatic N) is 4. The first-order chi connectivity index (χ1) is 6.45. The van der Waals surface area contributed by atoms with Crippen LogP contribution in [0.25, 0.3) is 0 Å². The summed E-state index contributed by atoms with van der Waals surface area (Å²) in [6.07, 6.45) is 13.1. The molecule has 1 atom stereocenters. The zero-order chi connectivity index (χ0) is 8.93. The summed E-state index contributed by atoms with van der Waals surface area (Å²) in [5, 5.41) is 11.6. The van der Waals surface area contributed by atoms with Crippen molar-refractivity contribution in [2.75, 3.05) is 0 Å². The Hall–Kier alpha value is -1.45. The van der Waals surface area contributed by atoms with E-state index >= 15 is 0 Å². The van der Waals surface area contributed by atoms with Crippen molar-refractivity contribution in [1.82, 2.24) is 14.9 Å². The van der Waals surface area contributed by atoms with Gasteiger partial charge in [-0.15, -0.1) is 10.2 Å². The normalized spacial score (nSPS) is 22.6. The first-order valence-electron chi connectivity index (χ1n) is 4.49. The van der Waals surface area contributed by atoms with Gasteiger partial charge >= 0.3 is 0 Å². The molecule has 4 heteroatoms. The topological polar surface area (TPSA) is 43.1 Å². The molecule has 1 aromatic rings. The van der Waals surface area contributed by atoms with E-state index in [4.69, 9.17) is 0 Å². The molecule has 0 amide bonds. The van der Waals surface area contributed by atoms with Crippen LogP contribution in [-0.2, 0) is 0 Å². The van der Waals surface area contributed by atoms with Gasteiger partial charge in [0, 0.05) is 6.21 Å². The lowest BCUT2D eigenvalue weighted by Crippen LogP contribution is -2.04. The van der Waals surface area contributed by atoms with Crippen molar-refractivity contribution in [2.45, 2.75) is 19.3 Å². The highest BCUT2D eigenvalue weighted by atomic mass is 15.4. The molecule has 0 saturated heterocycles. The first kappa shape index (κ1) is 8.16. The van der Waals surface area contributed by atoms with Gasteiger partial charge in [0.05, 0.1) is 0 Å². The Morgan fingerprint density at radius 3 is 2.85 bits per heavy atom. The van der Waals surface area contributed by atoms with Crippen molar-refractivity contribution in [3.05, 3.63) is 24.8 Å². The predicted molar refractivity (Wildman–Crippen MR) is 50.4 cm³/mol. The van der Waals surface area contributed by atoms with E-state index in [2.05, 4.69) is 27.5 Å². The smallest absolute Gasteiger partial charge is 0.141 e. The maximum atomic E-state index is 4.22. The lowest BCUT2D eigenvalue weighted by atomic mass is 9.96. The molecule has 0 aromatic carbocycles. The minimum absolute atomic E-state index is 0.576. The third-order valence-electron chi connectivity index (χ3n) is 2.13. The molecule has 0 unspecified atom stereocenters. The minimum atomic E-state index is 0.576. The van der Waals surface area contributed by atoms with Gasteiger partial charge in [-0.3, -0.25) is 0 Å². The standard InChI is InChI=1S/C9H12N4/c1-2-4-9(5-3-1)6-12-13-7-10-11-8-13/h1-2,6-9H,3-5H2/t9-/m0/s1. The van der Waals surface area contributed by atoms with Crippen LogP contribution in [0.1, 0.15) is 19.3 Å². The summed E-state index contributed by atoms with van der Waals surface area (Å²) in [5.74, 6) is 0.576. The van der Waals surface area contributed by atoms with Crippen LogP contribution in [0.4, 0.5) is 0 Å². The van der Waals surface area contributed by atoms with E-state index in [-0.39, 0.29) is 0 Å². The summed E-state index contributed by atoms with van der Waals surface area (Å²) < 4.78 is 1.62. The van der Waals surface area contributed by atoms with E-state index in [0.29, 0.717) is 5.92 Å². The van der Waals surface area contributed by atoms with Crippen LogP contribution in [-0.4, -0.2) is 21.1 Å². The Balaban J connectivity index is 1.93. The Morgan fingerprint density at radius 1 is 1.31 bits per heavy atom. The molecule has 68 valence electrons. The second kappa shape index (κ2) is 3.98. The molecule has 2 rings (SSSR count). The summed E-state index contributed by atoms with van der Waals surface area (Å²) in [7, 11) is 0. The Labute approximate surface area is 77.0 Å². The van der Waals surface area contributed by atoms with E-state index in [1.807, 2.05) is 6.21 Å². The summed E-state index contributed by atoms with van der Waals surface area (Å²) >= 11 is 0. The van der Waals surface area contributed by atoms with Crippen LogP contribution in [0.5, 0.6) is 0 Å². The number of hydrogen-bond acceptors (Lipinski definition) is 3. The van der Waals surface area contributed by atoms with Gasteiger partial charge in [0.1, 0.15) is 12.7 Å². The van der Waals surface area contributed by atoms with Crippen LogP contribution in [0.3, 0.4) is 0 Å². The molecule has 0 fully saturated rings. The van der Waals surface area contributed by atoms with Gasteiger partial charge in [-0.25, -0.2) is 4.68 Å². The number of rotatable bonds is 2. The van der Waals surface area contributed by atoms with Crippen LogP contribution in [0, 0.1) is 5.92 Å². The van der Waals surface area contributed by atoms with Crippen LogP contribution in [0.2, 0.25) is 0 Å².